The summed E-state index contributed by atoms with van der Waals surface area (Å²) in [6.45, 7) is 2.79. The van der Waals surface area contributed by atoms with Gasteiger partial charge in [0.2, 0.25) is 0 Å². The fourth-order valence-electron chi connectivity index (χ4n) is 1.57. The molecule has 0 spiro atoms. The molecule has 3 aromatic rings. The van der Waals surface area contributed by atoms with E-state index >= 15 is 0 Å². The highest BCUT2D eigenvalue weighted by Gasteiger charge is 2.04. The number of thiazole rings is 1. The average Bonchev–Trinajstić information content (AvgIpc) is 2.83. The third-order valence-electron chi connectivity index (χ3n) is 2.38. The molecule has 0 atom stereocenters. The Bertz CT molecular complexity index is 561. The van der Waals surface area contributed by atoms with Gasteiger partial charge in [-0.2, -0.15) is 5.10 Å². The molecular weight excluding hydrogens is 208 g/mol. The lowest BCUT2D eigenvalue weighted by Gasteiger charge is -1.99. The number of fused-ring (bicyclic) bond motifs is 1. The molecule has 3 aromatic heterocycles. The van der Waals surface area contributed by atoms with Crippen LogP contribution in [-0.2, 0) is 6.54 Å². The zero-order chi connectivity index (χ0) is 10.3. The van der Waals surface area contributed by atoms with Gasteiger partial charge in [-0.15, -0.1) is 11.3 Å². The van der Waals surface area contributed by atoms with Crippen LogP contribution >= 0.6 is 11.3 Å². The maximum atomic E-state index is 4.51. The molecule has 0 saturated heterocycles. The number of hydrogen-bond acceptors (Lipinski definition) is 3. The first kappa shape index (κ1) is 8.67. The Morgan fingerprint density at radius 2 is 2.40 bits per heavy atom. The van der Waals surface area contributed by atoms with Crippen molar-refractivity contribution >= 4 is 16.3 Å². The Morgan fingerprint density at radius 3 is 3.13 bits per heavy atom. The lowest BCUT2D eigenvalue weighted by Crippen LogP contribution is -2.03. The summed E-state index contributed by atoms with van der Waals surface area (Å²) in [4.78, 5) is 5.55. The van der Waals surface area contributed by atoms with E-state index in [-0.39, 0.29) is 0 Å². The fourth-order valence-corrected chi connectivity index (χ4v) is 2.29. The molecule has 3 rings (SSSR count). The van der Waals surface area contributed by atoms with Gasteiger partial charge in [-0.05, 0) is 13.0 Å². The summed E-state index contributed by atoms with van der Waals surface area (Å²) in [7, 11) is 0. The van der Waals surface area contributed by atoms with Crippen LogP contribution in [0.25, 0.3) is 4.96 Å². The van der Waals surface area contributed by atoms with Gasteiger partial charge in [0, 0.05) is 29.7 Å². The van der Waals surface area contributed by atoms with Crippen LogP contribution in [0.2, 0.25) is 0 Å². The van der Waals surface area contributed by atoms with Gasteiger partial charge in [0.1, 0.15) is 0 Å². The smallest absolute Gasteiger partial charge is 0.193 e. The number of aromatic nitrogens is 4. The van der Waals surface area contributed by atoms with Gasteiger partial charge in [-0.3, -0.25) is 9.08 Å². The van der Waals surface area contributed by atoms with Crippen molar-refractivity contribution in [3.8, 4) is 0 Å². The van der Waals surface area contributed by atoms with Crippen molar-refractivity contribution in [2.75, 3.05) is 0 Å². The monoisotopic (exact) mass is 218 g/mol. The van der Waals surface area contributed by atoms with Gasteiger partial charge >= 0.3 is 0 Å². The predicted molar refractivity (Wildman–Crippen MR) is 59.1 cm³/mol. The molecule has 76 valence electrons. The molecule has 0 amide bonds. The summed E-state index contributed by atoms with van der Waals surface area (Å²) in [6, 6.07) is 2.00. The molecule has 0 saturated carbocycles. The van der Waals surface area contributed by atoms with Crippen LogP contribution in [0.5, 0.6) is 0 Å². The molecule has 0 fully saturated rings. The molecule has 3 heterocycles. The first-order valence-corrected chi connectivity index (χ1v) is 5.60. The van der Waals surface area contributed by atoms with Crippen LogP contribution in [0.15, 0.2) is 30.0 Å². The Hall–Kier alpha value is -1.62. The summed E-state index contributed by atoms with van der Waals surface area (Å²) in [5.74, 6) is 0. The molecule has 0 bridgehead atoms. The molecule has 0 aliphatic rings. The molecule has 0 aromatic carbocycles. The first-order valence-electron chi connectivity index (χ1n) is 4.72. The van der Waals surface area contributed by atoms with Gasteiger partial charge in [-0.25, -0.2) is 4.98 Å². The van der Waals surface area contributed by atoms with Crippen molar-refractivity contribution < 1.29 is 0 Å². The van der Waals surface area contributed by atoms with Crippen LogP contribution in [0.3, 0.4) is 0 Å². The van der Waals surface area contributed by atoms with E-state index in [0.717, 1.165) is 22.9 Å². The van der Waals surface area contributed by atoms with E-state index in [2.05, 4.69) is 10.1 Å². The third-order valence-corrected chi connectivity index (χ3v) is 3.15. The molecule has 0 radical (unpaired) electrons. The maximum absolute atomic E-state index is 4.51. The number of hydrogen-bond donors (Lipinski definition) is 0. The Balaban J connectivity index is 1.95. The van der Waals surface area contributed by atoms with Gasteiger partial charge in [0.25, 0.3) is 0 Å². The second-order valence-corrected chi connectivity index (χ2v) is 4.33. The van der Waals surface area contributed by atoms with Crippen molar-refractivity contribution in [2.45, 2.75) is 13.5 Å². The second-order valence-electron chi connectivity index (χ2n) is 3.46. The number of aryl methyl sites for hydroxylation is 1. The number of nitrogens with zero attached hydrogens (tertiary/aromatic N) is 4. The quantitative estimate of drug-likeness (QED) is 0.659. The highest BCUT2D eigenvalue weighted by molar-refractivity contribution is 7.15. The largest absolute Gasteiger partial charge is 0.297 e. The van der Waals surface area contributed by atoms with E-state index in [0.29, 0.717) is 0 Å². The van der Waals surface area contributed by atoms with E-state index in [1.54, 1.807) is 11.3 Å². The molecule has 0 N–H and O–H groups in total. The summed E-state index contributed by atoms with van der Waals surface area (Å²) in [5.41, 5.74) is 2.21. The summed E-state index contributed by atoms with van der Waals surface area (Å²) < 4.78 is 3.99. The minimum absolute atomic E-state index is 0.743. The van der Waals surface area contributed by atoms with Crippen molar-refractivity contribution in [1.82, 2.24) is 19.2 Å². The zero-order valence-corrected chi connectivity index (χ0v) is 9.11. The third kappa shape index (κ3) is 1.45. The Labute approximate surface area is 90.8 Å². The zero-order valence-electron chi connectivity index (χ0n) is 8.29. The van der Waals surface area contributed by atoms with Gasteiger partial charge in [0.05, 0.1) is 12.2 Å². The van der Waals surface area contributed by atoms with Crippen LogP contribution in [0.1, 0.15) is 11.4 Å². The van der Waals surface area contributed by atoms with E-state index in [1.807, 2.05) is 46.0 Å². The van der Waals surface area contributed by atoms with Crippen LogP contribution in [-0.4, -0.2) is 19.2 Å². The highest BCUT2D eigenvalue weighted by atomic mass is 32.1. The minimum Gasteiger partial charge on any atom is -0.297 e. The van der Waals surface area contributed by atoms with Crippen molar-refractivity contribution in [3.63, 3.8) is 0 Å². The molecule has 0 aliphatic carbocycles. The van der Waals surface area contributed by atoms with Gasteiger partial charge in [-0.1, -0.05) is 0 Å². The molecular formula is C10H10N4S. The van der Waals surface area contributed by atoms with Gasteiger partial charge < -0.3 is 0 Å². The van der Waals surface area contributed by atoms with Crippen molar-refractivity contribution in [1.29, 1.82) is 0 Å². The van der Waals surface area contributed by atoms with Crippen molar-refractivity contribution in [2.24, 2.45) is 0 Å². The normalized spacial score (nSPS) is 11.3. The minimum atomic E-state index is 0.743. The Kier molecular flexibility index (Phi) is 1.85. The average molecular weight is 218 g/mol. The predicted octanol–water partition coefficient (Wildman–Crippen LogP) is 1.95. The van der Waals surface area contributed by atoms with Crippen molar-refractivity contribution in [3.05, 3.63) is 41.4 Å². The molecule has 0 unspecified atom stereocenters. The lowest BCUT2D eigenvalue weighted by atomic mass is 10.4. The van der Waals surface area contributed by atoms with E-state index in [9.17, 15) is 0 Å². The molecule has 0 aliphatic heterocycles. The topological polar surface area (TPSA) is 35.1 Å². The van der Waals surface area contributed by atoms with E-state index in [4.69, 9.17) is 0 Å². The summed E-state index contributed by atoms with van der Waals surface area (Å²) >= 11 is 1.65. The fraction of sp³-hybridized carbons (Fsp3) is 0.200. The highest BCUT2D eigenvalue weighted by Crippen LogP contribution is 2.12. The summed E-state index contributed by atoms with van der Waals surface area (Å²) in [5, 5.41) is 6.27. The standard InChI is InChI=1S/C10H10N4S/c1-8-2-3-11-14(8)7-9-6-13-4-5-15-10(13)12-9/h2-6H,7H2,1H3. The molecule has 4 nitrogen and oxygen atoms in total. The lowest BCUT2D eigenvalue weighted by molar-refractivity contribution is 0.655. The van der Waals surface area contributed by atoms with Gasteiger partial charge in [0.15, 0.2) is 4.96 Å². The van der Waals surface area contributed by atoms with E-state index < -0.39 is 0 Å². The maximum Gasteiger partial charge on any atom is 0.193 e. The number of rotatable bonds is 2. The second kappa shape index (κ2) is 3.20. The van der Waals surface area contributed by atoms with Crippen LogP contribution in [0.4, 0.5) is 0 Å². The Morgan fingerprint density at radius 1 is 1.47 bits per heavy atom. The number of imidazole rings is 1. The molecule has 5 heteroatoms. The van der Waals surface area contributed by atoms with Crippen LogP contribution < -0.4 is 0 Å². The molecule has 15 heavy (non-hydrogen) atoms. The van der Waals surface area contributed by atoms with Crippen LogP contribution in [0, 0.1) is 6.92 Å². The summed E-state index contributed by atoms with van der Waals surface area (Å²) in [6.07, 6.45) is 5.88. The SMILES string of the molecule is Cc1ccnn1Cc1cn2ccsc2n1. The first-order chi connectivity index (χ1) is 7.33. The van der Waals surface area contributed by atoms with E-state index in [1.165, 1.54) is 0 Å².